The van der Waals surface area contributed by atoms with Crippen molar-refractivity contribution in [3.63, 3.8) is 0 Å². The summed E-state index contributed by atoms with van der Waals surface area (Å²) in [6.45, 7) is 4.21. The second-order valence-electron chi connectivity index (χ2n) is 4.26. The lowest BCUT2D eigenvalue weighted by Crippen LogP contribution is -2.25. The minimum absolute atomic E-state index is 0.0362. The van der Waals surface area contributed by atoms with Gasteiger partial charge < -0.3 is 10.1 Å². The number of rotatable bonds is 4. The Morgan fingerprint density at radius 1 is 1.56 bits per heavy atom. The zero-order chi connectivity index (χ0) is 13.5. The van der Waals surface area contributed by atoms with Crippen LogP contribution in [-0.4, -0.2) is 12.7 Å². The van der Waals surface area contributed by atoms with Crippen molar-refractivity contribution in [1.82, 2.24) is 5.32 Å². The summed E-state index contributed by atoms with van der Waals surface area (Å²) in [6, 6.07) is 5.94. The zero-order valence-electron chi connectivity index (χ0n) is 10.4. The molecule has 0 unspecified atom stereocenters. The van der Waals surface area contributed by atoms with Crippen molar-refractivity contribution in [3.8, 4) is 6.07 Å². The molecule has 0 heterocycles. The van der Waals surface area contributed by atoms with E-state index in [0.29, 0.717) is 12.2 Å². The van der Waals surface area contributed by atoms with Gasteiger partial charge in [-0.15, -0.1) is 0 Å². The Morgan fingerprint density at radius 2 is 2.28 bits per heavy atom. The van der Waals surface area contributed by atoms with Gasteiger partial charge in [-0.1, -0.05) is 19.9 Å². The van der Waals surface area contributed by atoms with Crippen molar-refractivity contribution in [2.75, 3.05) is 6.61 Å². The van der Waals surface area contributed by atoms with E-state index in [0.717, 1.165) is 6.07 Å². The molecule has 4 nitrogen and oxygen atoms in total. The zero-order valence-corrected chi connectivity index (χ0v) is 10.4. The molecule has 18 heavy (non-hydrogen) atoms. The third-order valence-electron chi connectivity index (χ3n) is 2.15. The van der Waals surface area contributed by atoms with Crippen LogP contribution in [-0.2, 0) is 11.3 Å². The fourth-order valence-corrected chi connectivity index (χ4v) is 1.22. The number of carbonyl (C=O) groups excluding carboxylic acids is 1. The van der Waals surface area contributed by atoms with Crippen LogP contribution in [0.1, 0.15) is 25.0 Å². The molecule has 0 saturated heterocycles. The van der Waals surface area contributed by atoms with Gasteiger partial charge in [-0.3, -0.25) is 0 Å². The SMILES string of the molecule is CC(C)COC(=O)NCc1ccc(C#N)cc1F. The first kappa shape index (κ1) is 14.0. The number of hydrogen-bond donors (Lipinski definition) is 1. The molecular weight excluding hydrogens is 235 g/mol. The first-order chi connectivity index (χ1) is 8.52. The molecule has 1 aromatic rings. The Bertz CT molecular complexity index is 467. The van der Waals surface area contributed by atoms with Gasteiger partial charge in [0.25, 0.3) is 0 Å². The van der Waals surface area contributed by atoms with Crippen LogP contribution in [0.5, 0.6) is 0 Å². The largest absolute Gasteiger partial charge is 0.449 e. The molecule has 0 aliphatic rings. The van der Waals surface area contributed by atoms with Gasteiger partial charge in [0, 0.05) is 12.1 Å². The molecule has 0 aromatic heterocycles. The molecule has 0 spiro atoms. The highest BCUT2D eigenvalue weighted by molar-refractivity contribution is 5.67. The van der Waals surface area contributed by atoms with Gasteiger partial charge in [0.2, 0.25) is 0 Å². The van der Waals surface area contributed by atoms with E-state index in [4.69, 9.17) is 10.00 Å². The van der Waals surface area contributed by atoms with E-state index < -0.39 is 11.9 Å². The number of nitrogens with zero attached hydrogens (tertiary/aromatic N) is 1. The maximum Gasteiger partial charge on any atom is 0.407 e. The predicted molar refractivity (Wildman–Crippen MR) is 64.1 cm³/mol. The van der Waals surface area contributed by atoms with Gasteiger partial charge in [-0.2, -0.15) is 5.26 Å². The molecule has 0 radical (unpaired) electrons. The highest BCUT2D eigenvalue weighted by Gasteiger charge is 2.07. The molecule has 0 fully saturated rings. The summed E-state index contributed by atoms with van der Waals surface area (Å²) >= 11 is 0. The van der Waals surface area contributed by atoms with Crippen LogP contribution >= 0.6 is 0 Å². The first-order valence-electron chi connectivity index (χ1n) is 5.62. The Hall–Kier alpha value is -2.09. The molecule has 1 aromatic carbocycles. The summed E-state index contributed by atoms with van der Waals surface area (Å²) in [5.41, 5.74) is 0.564. The Kier molecular flexibility index (Phi) is 5.12. The maximum atomic E-state index is 13.5. The van der Waals surface area contributed by atoms with Crippen LogP contribution in [0.3, 0.4) is 0 Å². The van der Waals surface area contributed by atoms with Crippen LogP contribution in [0.25, 0.3) is 0 Å². The molecule has 0 saturated carbocycles. The number of hydrogen-bond acceptors (Lipinski definition) is 3. The van der Waals surface area contributed by atoms with E-state index in [-0.39, 0.29) is 18.0 Å². The third-order valence-corrected chi connectivity index (χ3v) is 2.15. The van der Waals surface area contributed by atoms with E-state index in [1.54, 1.807) is 0 Å². The number of halogens is 1. The summed E-state index contributed by atoms with van der Waals surface area (Å²) in [5, 5.41) is 11.0. The predicted octanol–water partition coefficient (Wildman–Crippen LogP) is 2.58. The second kappa shape index (κ2) is 6.60. The number of amides is 1. The van der Waals surface area contributed by atoms with E-state index in [1.807, 2.05) is 19.9 Å². The molecular formula is C13H15FN2O2. The van der Waals surface area contributed by atoms with Crippen molar-refractivity contribution in [2.45, 2.75) is 20.4 Å². The average molecular weight is 250 g/mol. The minimum atomic E-state index is -0.576. The molecule has 1 rings (SSSR count). The minimum Gasteiger partial charge on any atom is -0.449 e. The van der Waals surface area contributed by atoms with Crippen LogP contribution in [0, 0.1) is 23.1 Å². The summed E-state index contributed by atoms with van der Waals surface area (Å²) in [7, 11) is 0. The number of nitriles is 1. The van der Waals surface area contributed by atoms with Gasteiger partial charge >= 0.3 is 6.09 Å². The number of alkyl carbamates (subject to hydrolysis) is 1. The van der Waals surface area contributed by atoms with E-state index in [2.05, 4.69) is 5.32 Å². The quantitative estimate of drug-likeness (QED) is 0.893. The van der Waals surface area contributed by atoms with Gasteiger partial charge in [0.15, 0.2) is 0 Å². The van der Waals surface area contributed by atoms with Gasteiger partial charge in [-0.05, 0) is 18.1 Å². The van der Waals surface area contributed by atoms with E-state index in [1.165, 1.54) is 12.1 Å². The van der Waals surface area contributed by atoms with Crippen LogP contribution < -0.4 is 5.32 Å². The molecule has 1 amide bonds. The Balaban J connectivity index is 2.49. The topological polar surface area (TPSA) is 62.1 Å². The Labute approximate surface area is 105 Å². The lowest BCUT2D eigenvalue weighted by molar-refractivity contribution is 0.132. The first-order valence-corrected chi connectivity index (χ1v) is 5.62. The monoisotopic (exact) mass is 250 g/mol. The lowest BCUT2D eigenvalue weighted by atomic mass is 10.1. The summed E-state index contributed by atoms with van der Waals surface area (Å²) < 4.78 is 18.3. The van der Waals surface area contributed by atoms with E-state index >= 15 is 0 Å². The normalized spacial score (nSPS) is 9.94. The van der Waals surface area contributed by atoms with Crippen LogP contribution in [0.2, 0.25) is 0 Å². The number of nitrogens with one attached hydrogen (secondary N) is 1. The van der Waals surface area contributed by atoms with Gasteiger partial charge in [0.1, 0.15) is 5.82 Å². The average Bonchev–Trinajstić information content (AvgIpc) is 2.34. The highest BCUT2D eigenvalue weighted by Crippen LogP contribution is 2.09. The van der Waals surface area contributed by atoms with E-state index in [9.17, 15) is 9.18 Å². The third kappa shape index (κ3) is 4.42. The van der Waals surface area contributed by atoms with Crippen molar-refractivity contribution in [3.05, 3.63) is 35.1 Å². The standard InChI is InChI=1S/C13H15FN2O2/c1-9(2)8-18-13(17)16-7-11-4-3-10(6-15)5-12(11)14/h3-5,9H,7-8H2,1-2H3,(H,16,17). The van der Waals surface area contributed by atoms with Gasteiger partial charge in [-0.25, -0.2) is 9.18 Å². The molecule has 0 aliphatic carbocycles. The fourth-order valence-electron chi connectivity index (χ4n) is 1.22. The molecule has 0 atom stereocenters. The summed E-state index contributed by atoms with van der Waals surface area (Å²) in [6.07, 6.45) is -0.576. The smallest absolute Gasteiger partial charge is 0.407 e. The number of benzene rings is 1. The van der Waals surface area contributed by atoms with Crippen molar-refractivity contribution in [2.24, 2.45) is 5.92 Å². The van der Waals surface area contributed by atoms with Crippen molar-refractivity contribution < 1.29 is 13.9 Å². The van der Waals surface area contributed by atoms with Crippen LogP contribution in [0.15, 0.2) is 18.2 Å². The summed E-state index contributed by atoms with van der Waals surface area (Å²) in [5.74, 6) is -0.263. The number of carbonyl (C=O) groups is 1. The molecule has 5 heteroatoms. The van der Waals surface area contributed by atoms with Crippen molar-refractivity contribution >= 4 is 6.09 Å². The lowest BCUT2D eigenvalue weighted by Gasteiger charge is -2.09. The number of ether oxygens (including phenoxy) is 1. The molecule has 0 bridgehead atoms. The maximum absolute atomic E-state index is 13.5. The summed E-state index contributed by atoms with van der Waals surface area (Å²) in [4.78, 5) is 11.2. The molecule has 1 N–H and O–H groups in total. The highest BCUT2D eigenvalue weighted by atomic mass is 19.1. The Morgan fingerprint density at radius 3 is 2.83 bits per heavy atom. The second-order valence-corrected chi connectivity index (χ2v) is 4.26. The molecule has 96 valence electrons. The fraction of sp³-hybridized carbons (Fsp3) is 0.385. The molecule has 0 aliphatic heterocycles. The van der Waals surface area contributed by atoms with Crippen LogP contribution in [0.4, 0.5) is 9.18 Å². The van der Waals surface area contributed by atoms with Gasteiger partial charge in [0.05, 0.1) is 18.2 Å². The van der Waals surface area contributed by atoms with Crippen molar-refractivity contribution in [1.29, 1.82) is 5.26 Å².